The first-order valence-electron chi connectivity index (χ1n) is 8.31. The molecule has 4 unspecified atom stereocenters. The molecule has 1 N–H and O–H groups in total. The molecule has 4 heteroatoms. The van der Waals surface area contributed by atoms with E-state index in [1.54, 1.807) is 11.3 Å². The minimum atomic E-state index is -0.00410. The molecule has 0 radical (unpaired) electrons. The van der Waals surface area contributed by atoms with E-state index in [4.69, 9.17) is 0 Å². The van der Waals surface area contributed by atoms with Crippen LogP contribution in [0.2, 0.25) is 0 Å². The van der Waals surface area contributed by atoms with Crippen LogP contribution in [0.1, 0.15) is 64.1 Å². The zero-order chi connectivity index (χ0) is 14.8. The van der Waals surface area contributed by atoms with E-state index in [0.29, 0.717) is 11.9 Å². The lowest BCUT2D eigenvalue weighted by atomic mass is 10.0. The van der Waals surface area contributed by atoms with Crippen molar-refractivity contribution in [1.82, 2.24) is 10.2 Å². The Kier molecular flexibility index (Phi) is 4.65. The Morgan fingerprint density at radius 3 is 2.90 bits per heavy atom. The van der Waals surface area contributed by atoms with E-state index in [0.717, 1.165) is 25.2 Å². The number of nitrogens with zero attached hydrogens (tertiary/aromatic N) is 1. The van der Waals surface area contributed by atoms with Crippen molar-refractivity contribution in [2.24, 2.45) is 5.92 Å². The molecule has 0 bridgehead atoms. The van der Waals surface area contributed by atoms with Crippen LogP contribution in [-0.4, -0.2) is 22.9 Å². The lowest BCUT2D eigenvalue weighted by Gasteiger charge is -2.32. The first-order chi connectivity index (χ1) is 10.2. The monoisotopic (exact) mass is 306 g/mol. The Balaban J connectivity index is 1.83. The SMILES string of the molecule is CCC1NC(c2ccsc2)N(C2CCCC(C)CC2)C1=O. The molecule has 116 valence electrons. The molecule has 2 aliphatic rings. The van der Waals surface area contributed by atoms with E-state index in [2.05, 4.69) is 40.9 Å². The molecule has 1 aliphatic heterocycles. The van der Waals surface area contributed by atoms with E-state index >= 15 is 0 Å². The van der Waals surface area contributed by atoms with Crippen molar-refractivity contribution in [2.75, 3.05) is 0 Å². The van der Waals surface area contributed by atoms with Crippen LogP contribution < -0.4 is 5.32 Å². The van der Waals surface area contributed by atoms with E-state index in [-0.39, 0.29) is 12.2 Å². The number of hydrogen-bond donors (Lipinski definition) is 1. The normalized spacial score (nSPS) is 34.2. The van der Waals surface area contributed by atoms with Crippen LogP contribution in [0.25, 0.3) is 0 Å². The fraction of sp³-hybridized carbons (Fsp3) is 0.706. The molecule has 3 nitrogen and oxygen atoms in total. The van der Waals surface area contributed by atoms with Crippen molar-refractivity contribution < 1.29 is 4.79 Å². The van der Waals surface area contributed by atoms with Gasteiger partial charge in [0.05, 0.1) is 6.04 Å². The summed E-state index contributed by atoms with van der Waals surface area (Å²) in [5, 5.41) is 7.84. The minimum Gasteiger partial charge on any atom is -0.319 e. The van der Waals surface area contributed by atoms with Gasteiger partial charge in [-0.2, -0.15) is 11.3 Å². The first kappa shape index (κ1) is 15.0. The Bertz CT molecular complexity index is 473. The second-order valence-electron chi connectivity index (χ2n) is 6.60. The van der Waals surface area contributed by atoms with Crippen LogP contribution >= 0.6 is 11.3 Å². The van der Waals surface area contributed by atoms with Crippen molar-refractivity contribution in [3.05, 3.63) is 22.4 Å². The summed E-state index contributed by atoms with van der Waals surface area (Å²) in [5.74, 6) is 1.12. The van der Waals surface area contributed by atoms with Crippen LogP contribution in [0.4, 0.5) is 0 Å². The maximum Gasteiger partial charge on any atom is 0.241 e. The van der Waals surface area contributed by atoms with Gasteiger partial charge in [-0.1, -0.05) is 26.7 Å². The second kappa shape index (κ2) is 6.49. The molecule has 2 fully saturated rings. The average Bonchev–Trinajstić information content (AvgIpc) is 3.05. The van der Waals surface area contributed by atoms with Gasteiger partial charge < -0.3 is 4.90 Å². The van der Waals surface area contributed by atoms with Gasteiger partial charge in [-0.3, -0.25) is 10.1 Å². The van der Waals surface area contributed by atoms with Crippen molar-refractivity contribution in [3.8, 4) is 0 Å². The first-order valence-corrected chi connectivity index (χ1v) is 9.25. The molecule has 0 spiro atoms. The highest BCUT2D eigenvalue weighted by Gasteiger charge is 2.42. The smallest absolute Gasteiger partial charge is 0.241 e. The Morgan fingerprint density at radius 1 is 1.33 bits per heavy atom. The van der Waals surface area contributed by atoms with E-state index < -0.39 is 0 Å². The largest absolute Gasteiger partial charge is 0.319 e. The summed E-state index contributed by atoms with van der Waals surface area (Å²) in [6.07, 6.45) is 7.10. The molecular formula is C17H26N2OS. The van der Waals surface area contributed by atoms with Crippen LogP contribution in [-0.2, 0) is 4.79 Å². The fourth-order valence-electron chi connectivity index (χ4n) is 3.77. The molecule has 1 aliphatic carbocycles. The van der Waals surface area contributed by atoms with Crippen LogP contribution in [0, 0.1) is 5.92 Å². The van der Waals surface area contributed by atoms with Gasteiger partial charge in [0.15, 0.2) is 0 Å². The standard InChI is InChI=1S/C17H26N2OS/c1-3-15-17(20)19(14-6-4-5-12(2)7-8-14)16(18-15)13-9-10-21-11-13/h9-12,14-16,18H,3-8H2,1-2H3. The van der Waals surface area contributed by atoms with Gasteiger partial charge in [-0.05, 0) is 54.0 Å². The fourth-order valence-corrected chi connectivity index (χ4v) is 4.44. The zero-order valence-corrected chi connectivity index (χ0v) is 13.9. The van der Waals surface area contributed by atoms with E-state index in [9.17, 15) is 4.79 Å². The molecule has 21 heavy (non-hydrogen) atoms. The van der Waals surface area contributed by atoms with Crippen LogP contribution in [0.15, 0.2) is 16.8 Å². The molecule has 0 aromatic carbocycles. The van der Waals surface area contributed by atoms with Gasteiger partial charge in [0.1, 0.15) is 6.17 Å². The number of carbonyl (C=O) groups excluding carboxylic acids is 1. The predicted molar refractivity (Wildman–Crippen MR) is 87.2 cm³/mol. The summed E-state index contributed by atoms with van der Waals surface area (Å²) in [5.41, 5.74) is 1.25. The molecule has 1 saturated carbocycles. The lowest BCUT2D eigenvalue weighted by Crippen LogP contribution is -2.39. The molecule has 4 atom stereocenters. The number of rotatable bonds is 3. The maximum absolute atomic E-state index is 12.8. The van der Waals surface area contributed by atoms with E-state index in [1.165, 1.54) is 24.8 Å². The Labute approximate surface area is 131 Å². The topological polar surface area (TPSA) is 32.3 Å². The Hall–Kier alpha value is -0.870. The maximum atomic E-state index is 12.8. The highest BCUT2D eigenvalue weighted by molar-refractivity contribution is 7.07. The van der Waals surface area contributed by atoms with Gasteiger partial charge in [-0.25, -0.2) is 0 Å². The van der Waals surface area contributed by atoms with Gasteiger partial charge in [0.25, 0.3) is 0 Å². The molecule has 2 heterocycles. The third-order valence-electron chi connectivity index (χ3n) is 5.08. The van der Waals surface area contributed by atoms with Gasteiger partial charge in [0.2, 0.25) is 5.91 Å². The van der Waals surface area contributed by atoms with Crippen LogP contribution in [0.5, 0.6) is 0 Å². The summed E-state index contributed by atoms with van der Waals surface area (Å²) in [4.78, 5) is 15.0. The molecule has 1 aromatic heterocycles. The summed E-state index contributed by atoms with van der Waals surface area (Å²) < 4.78 is 0. The quantitative estimate of drug-likeness (QED) is 0.858. The third kappa shape index (κ3) is 3.02. The highest BCUT2D eigenvalue weighted by atomic mass is 32.1. The number of hydrogen-bond acceptors (Lipinski definition) is 3. The zero-order valence-electron chi connectivity index (χ0n) is 13.0. The van der Waals surface area contributed by atoms with Crippen molar-refractivity contribution >= 4 is 17.2 Å². The third-order valence-corrected chi connectivity index (χ3v) is 5.78. The van der Waals surface area contributed by atoms with Gasteiger partial charge >= 0.3 is 0 Å². The van der Waals surface area contributed by atoms with E-state index in [1.807, 2.05) is 0 Å². The van der Waals surface area contributed by atoms with Crippen LogP contribution in [0.3, 0.4) is 0 Å². The van der Waals surface area contributed by atoms with Crippen molar-refractivity contribution in [2.45, 2.75) is 70.6 Å². The lowest BCUT2D eigenvalue weighted by molar-refractivity contribution is -0.132. The number of thiophene rings is 1. The molecule has 1 amide bonds. The number of carbonyl (C=O) groups is 1. The van der Waals surface area contributed by atoms with Gasteiger partial charge in [-0.15, -0.1) is 0 Å². The van der Waals surface area contributed by atoms with Crippen molar-refractivity contribution in [1.29, 1.82) is 0 Å². The Morgan fingerprint density at radius 2 is 2.19 bits per heavy atom. The summed E-state index contributed by atoms with van der Waals surface area (Å²) in [6.45, 7) is 4.44. The van der Waals surface area contributed by atoms with Crippen molar-refractivity contribution in [3.63, 3.8) is 0 Å². The highest BCUT2D eigenvalue weighted by Crippen LogP contribution is 2.35. The van der Waals surface area contributed by atoms with Gasteiger partial charge in [0, 0.05) is 6.04 Å². The summed E-state index contributed by atoms with van der Waals surface area (Å²) in [7, 11) is 0. The average molecular weight is 306 g/mol. The number of nitrogens with one attached hydrogen (secondary N) is 1. The molecule has 3 rings (SSSR count). The predicted octanol–water partition coefficient (Wildman–Crippen LogP) is 3.93. The number of amides is 1. The second-order valence-corrected chi connectivity index (χ2v) is 7.38. The summed E-state index contributed by atoms with van der Waals surface area (Å²) in [6, 6.07) is 2.56. The summed E-state index contributed by atoms with van der Waals surface area (Å²) >= 11 is 1.71. The molecule has 1 saturated heterocycles. The molecular weight excluding hydrogens is 280 g/mol. The molecule has 1 aromatic rings. The minimum absolute atomic E-state index is 0.00410.